The van der Waals surface area contributed by atoms with Gasteiger partial charge in [-0.05, 0) is 36.7 Å². The quantitative estimate of drug-likeness (QED) is 0.745. The van der Waals surface area contributed by atoms with Gasteiger partial charge in [0.25, 0.3) is 5.56 Å². The van der Waals surface area contributed by atoms with Crippen LogP contribution in [0.5, 0.6) is 0 Å². The van der Waals surface area contributed by atoms with Crippen molar-refractivity contribution in [1.29, 1.82) is 0 Å². The van der Waals surface area contributed by atoms with E-state index >= 15 is 0 Å². The summed E-state index contributed by atoms with van der Waals surface area (Å²) in [5.74, 6) is 0. The molecule has 0 atom stereocenters. The molecule has 5 heteroatoms. The van der Waals surface area contributed by atoms with Gasteiger partial charge in [-0.1, -0.05) is 0 Å². The third-order valence-corrected chi connectivity index (χ3v) is 2.17. The molecule has 13 heavy (non-hydrogen) atoms. The molecule has 0 unspecified atom stereocenters. The van der Waals surface area contributed by atoms with E-state index in [-0.39, 0.29) is 11.2 Å². The zero-order valence-electron chi connectivity index (χ0n) is 7.72. The molecule has 0 aliphatic carbocycles. The summed E-state index contributed by atoms with van der Waals surface area (Å²) in [7, 11) is 0. The Labute approximate surface area is 83.7 Å². The first-order valence-electron chi connectivity index (χ1n) is 3.85. The summed E-state index contributed by atoms with van der Waals surface area (Å²) in [6.07, 6.45) is 1.35. The number of nitrogens with one attached hydrogen (secondary N) is 1. The molecule has 1 heterocycles. The SMILES string of the molecule is CC(C)(C)n1c(=O)[nH]cc(Br)c1=O. The first-order chi connectivity index (χ1) is 5.84. The van der Waals surface area contributed by atoms with E-state index in [2.05, 4.69) is 20.9 Å². The lowest BCUT2D eigenvalue weighted by Gasteiger charge is -2.20. The smallest absolute Gasteiger partial charge is 0.313 e. The van der Waals surface area contributed by atoms with Crippen molar-refractivity contribution >= 4 is 15.9 Å². The van der Waals surface area contributed by atoms with Gasteiger partial charge in [-0.25, -0.2) is 4.79 Å². The summed E-state index contributed by atoms with van der Waals surface area (Å²) in [6.45, 7) is 5.40. The molecular weight excluding hydrogens is 236 g/mol. The van der Waals surface area contributed by atoms with Crippen LogP contribution in [0.3, 0.4) is 0 Å². The Morgan fingerprint density at radius 2 is 1.92 bits per heavy atom. The maximum absolute atomic E-state index is 11.5. The van der Waals surface area contributed by atoms with E-state index in [1.165, 1.54) is 10.8 Å². The van der Waals surface area contributed by atoms with Crippen LogP contribution in [0, 0.1) is 0 Å². The van der Waals surface area contributed by atoms with Crippen molar-refractivity contribution in [1.82, 2.24) is 9.55 Å². The van der Waals surface area contributed by atoms with Gasteiger partial charge >= 0.3 is 5.69 Å². The van der Waals surface area contributed by atoms with Crippen molar-refractivity contribution in [2.75, 3.05) is 0 Å². The molecule has 0 spiro atoms. The lowest BCUT2D eigenvalue weighted by Crippen LogP contribution is -2.44. The highest BCUT2D eigenvalue weighted by Crippen LogP contribution is 2.08. The molecule has 0 saturated heterocycles. The Kier molecular flexibility index (Phi) is 2.47. The van der Waals surface area contributed by atoms with Crippen LogP contribution < -0.4 is 11.2 Å². The third kappa shape index (κ3) is 1.91. The Balaban J connectivity index is 3.63. The fourth-order valence-electron chi connectivity index (χ4n) is 1.06. The summed E-state index contributed by atoms with van der Waals surface area (Å²) >= 11 is 3.07. The van der Waals surface area contributed by atoms with Gasteiger partial charge < -0.3 is 4.98 Å². The third-order valence-electron chi connectivity index (χ3n) is 1.60. The van der Waals surface area contributed by atoms with E-state index in [4.69, 9.17) is 0 Å². The summed E-state index contributed by atoms with van der Waals surface area (Å²) in [6, 6.07) is 0. The minimum Gasteiger partial charge on any atom is -0.313 e. The number of nitrogens with zero attached hydrogens (tertiary/aromatic N) is 1. The zero-order chi connectivity index (χ0) is 10.2. The first kappa shape index (κ1) is 10.2. The van der Waals surface area contributed by atoms with Crippen LogP contribution in [0.25, 0.3) is 0 Å². The van der Waals surface area contributed by atoms with Crippen LogP contribution >= 0.6 is 15.9 Å². The van der Waals surface area contributed by atoms with Crippen LogP contribution in [0.4, 0.5) is 0 Å². The zero-order valence-corrected chi connectivity index (χ0v) is 9.31. The van der Waals surface area contributed by atoms with Crippen LogP contribution in [-0.2, 0) is 5.54 Å². The van der Waals surface area contributed by atoms with Gasteiger partial charge in [0.15, 0.2) is 0 Å². The lowest BCUT2D eigenvalue weighted by atomic mass is 10.1. The number of hydrogen-bond donors (Lipinski definition) is 1. The van der Waals surface area contributed by atoms with Gasteiger partial charge in [0.2, 0.25) is 0 Å². The highest BCUT2D eigenvalue weighted by atomic mass is 79.9. The standard InChI is InChI=1S/C8H11BrN2O2/c1-8(2,3)11-6(12)5(9)4-10-7(11)13/h4H,1-3H3,(H,10,13). The Morgan fingerprint density at radius 3 is 2.31 bits per heavy atom. The minimum absolute atomic E-state index is 0.309. The van der Waals surface area contributed by atoms with Crippen molar-refractivity contribution in [2.24, 2.45) is 0 Å². The largest absolute Gasteiger partial charge is 0.328 e. The number of H-pyrrole nitrogens is 1. The van der Waals surface area contributed by atoms with E-state index in [1.807, 2.05) is 0 Å². The maximum Gasteiger partial charge on any atom is 0.328 e. The van der Waals surface area contributed by atoms with Crippen molar-refractivity contribution < 1.29 is 0 Å². The Hall–Kier alpha value is -0.840. The topological polar surface area (TPSA) is 54.9 Å². The first-order valence-corrected chi connectivity index (χ1v) is 4.64. The van der Waals surface area contributed by atoms with Crippen molar-refractivity contribution in [3.63, 3.8) is 0 Å². The molecule has 0 saturated carbocycles. The molecule has 1 N–H and O–H groups in total. The number of halogens is 1. The summed E-state index contributed by atoms with van der Waals surface area (Å²) in [5, 5.41) is 0. The van der Waals surface area contributed by atoms with Gasteiger partial charge in [0.05, 0.1) is 4.47 Å². The summed E-state index contributed by atoms with van der Waals surface area (Å²) in [4.78, 5) is 25.3. The van der Waals surface area contributed by atoms with Crippen LogP contribution in [0.1, 0.15) is 20.8 Å². The number of hydrogen-bond acceptors (Lipinski definition) is 2. The molecule has 0 fully saturated rings. The lowest BCUT2D eigenvalue weighted by molar-refractivity contribution is 0.365. The van der Waals surface area contributed by atoms with E-state index < -0.39 is 5.54 Å². The summed E-state index contributed by atoms with van der Waals surface area (Å²) < 4.78 is 1.54. The van der Waals surface area contributed by atoms with E-state index in [9.17, 15) is 9.59 Å². The maximum atomic E-state index is 11.5. The molecule has 0 amide bonds. The predicted octanol–water partition coefficient (Wildman–Crippen LogP) is 1.05. The van der Waals surface area contributed by atoms with E-state index in [0.717, 1.165) is 0 Å². The van der Waals surface area contributed by atoms with Crippen molar-refractivity contribution in [2.45, 2.75) is 26.3 Å². The molecule has 0 aliphatic rings. The predicted molar refractivity (Wildman–Crippen MR) is 54.0 cm³/mol. The summed E-state index contributed by atoms with van der Waals surface area (Å²) in [5.41, 5.74) is -1.20. The molecule has 0 aliphatic heterocycles. The molecule has 0 radical (unpaired) electrons. The highest BCUT2D eigenvalue weighted by molar-refractivity contribution is 9.10. The Bertz CT molecular complexity index is 425. The van der Waals surface area contributed by atoms with Crippen molar-refractivity contribution in [3.05, 3.63) is 31.5 Å². The fourth-order valence-corrected chi connectivity index (χ4v) is 1.35. The average Bonchev–Trinajstić information content (AvgIpc) is 1.95. The van der Waals surface area contributed by atoms with Crippen molar-refractivity contribution in [3.8, 4) is 0 Å². The molecule has 0 aromatic carbocycles. The minimum atomic E-state index is -0.506. The van der Waals surface area contributed by atoms with Gasteiger partial charge in [0.1, 0.15) is 0 Å². The molecule has 0 bridgehead atoms. The van der Waals surface area contributed by atoms with E-state index in [1.54, 1.807) is 20.8 Å². The normalized spacial score (nSPS) is 11.7. The molecule has 1 rings (SSSR count). The molecule has 1 aromatic rings. The van der Waals surface area contributed by atoms with Gasteiger partial charge in [-0.15, -0.1) is 0 Å². The number of rotatable bonds is 0. The van der Waals surface area contributed by atoms with Crippen LogP contribution in [0.2, 0.25) is 0 Å². The van der Waals surface area contributed by atoms with Gasteiger partial charge in [0, 0.05) is 11.7 Å². The van der Waals surface area contributed by atoms with Crippen LogP contribution in [-0.4, -0.2) is 9.55 Å². The highest BCUT2D eigenvalue weighted by Gasteiger charge is 2.18. The van der Waals surface area contributed by atoms with Crippen LogP contribution in [0.15, 0.2) is 20.3 Å². The van der Waals surface area contributed by atoms with Gasteiger partial charge in [-0.3, -0.25) is 9.36 Å². The van der Waals surface area contributed by atoms with Gasteiger partial charge in [-0.2, -0.15) is 0 Å². The average molecular weight is 247 g/mol. The Morgan fingerprint density at radius 1 is 1.38 bits per heavy atom. The molecule has 72 valence electrons. The second-order valence-corrected chi connectivity index (χ2v) is 4.61. The fraction of sp³-hybridized carbons (Fsp3) is 0.500. The molecular formula is C8H11BrN2O2. The number of aromatic nitrogens is 2. The van der Waals surface area contributed by atoms with E-state index in [0.29, 0.717) is 4.47 Å². The number of aromatic amines is 1. The molecule has 1 aromatic heterocycles. The second-order valence-electron chi connectivity index (χ2n) is 3.75. The monoisotopic (exact) mass is 246 g/mol. The molecule has 4 nitrogen and oxygen atoms in total. The second kappa shape index (κ2) is 3.14.